The van der Waals surface area contributed by atoms with Gasteiger partial charge in [-0.15, -0.1) is 0 Å². The SMILES string of the molecule is Cc1cc(C(=O)N2CCC(Nc3ccccc3)(C(=O)N3CCC3)CC2)no1. The van der Waals surface area contributed by atoms with Crippen molar-refractivity contribution in [3.05, 3.63) is 47.9 Å². The maximum atomic E-state index is 13.2. The summed E-state index contributed by atoms with van der Waals surface area (Å²) in [4.78, 5) is 29.5. The zero-order valence-electron chi connectivity index (χ0n) is 15.5. The van der Waals surface area contributed by atoms with Gasteiger partial charge in [0.1, 0.15) is 11.3 Å². The van der Waals surface area contributed by atoms with E-state index in [0.29, 0.717) is 37.4 Å². The lowest BCUT2D eigenvalue weighted by atomic mass is 9.84. The molecule has 7 heteroatoms. The van der Waals surface area contributed by atoms with E-state index >= 15 is 0 Å². The molecule has 142 valence electrons. The van der Waals surface area contributed by atoms with Crippen LogP contribution in [0, 0.1) is 6.92 Å². The highest BCUT2D eigenvalue weighted by atomic mass is 16.5. The number of aromatic nitrogens is 1. The topological polar surface area (TPSA) is 78.7 Å². The molecule has 0 aliphatic carbocycles. The van der Waals surface area contributed by atoms with E-state index in [9.17, 15) is 9.59 Å². The standard InChI is InChI=1S/C20H24N4O3/c1-15-14-17(22-27-15)18(25)23-12-8-20(9-13-23,19(26)24-10-5-11-24)21-16-6-3-2-4-7-16/h2-4,6-7,14,21H,5,8-13H2,1H3. The molecule has 4 rings (SSSR count). The van der Waals surface area contributed by atoms with Crippen molar-refractivity contribution in [1.29, 1.82) is 0 Å². The minimum absolute atomic E-state index is 0.141. The first kappa shape index (κ1) is 17.6. The van der Waals surface area contributed by atoms with Gasteiger partial charge in [-0.2, -0.15) is 0 Å². The molecule has 2 amide bonds. The number of rotatable bonds is 4. The van der Waals surface area contributed by atoms with Crippen LogP contribution < -0.4 is 5.32 Å². The molecule has 0 radical (unpaired) electrons. The molecule has 0 unspecified atom stereocenters. The van der Waals surface area contributed by atoms with Crippen molar-refractivity contribution in [1.82, 2.24) is 15.0 Å². The number of likely N-dealkylation sites (tertiary alicyclic amines) is 2. The number of aryl methyl sites for hydroxylation is 1. The van der Waals surface area contributed by atoms with Crippen molar-refractivity contribution in [2.75, 3.05) is 31.5 Å². The highest BCUT2D eigenvalue weighted by Crippen LogP contribution is 2.31. The van der Waals surface area contributed by atoms with Crippen LogP contribution in [0.15, 0.2) is 40.9 Å². The van der Waals surface area contributed by atoms with Gasteiger partial charge in [0.05, 0.1) is 0 Å². The molecular weight excluding hydrogens is 344 g/mol. The quantitative estimate of drug-likeness (QED) is 0.896. The van der Waals surface area contributed by atoms with Gasteiger partial charge < -0.3 is 19.6 Å². The fourth-order valence-electron chi connectivity index (χ4n) is 3.73. The molecule has 0 saturated carbocycles. The molecule has 1 N–H and O–H groups in total. The smallest absolute Gasteiger partial charge is 0.276 e. The van der Waals surface area contributed by atoms with E-state index < -0.39 is 5.54 Å². The Kier molecular flexibility index (Phi) is 4.59. The number of piperidine rings is 1. The molecule has 0 atom stereocenters. The zero-order chi connectivity index (χ0) is 18.9. The Bertz CT molecular complexity index is 821. The highest BCUT2D eigenvalue weighted by molar-refractivity contribution is 5.93. The molecule has 2 aliphatic rings. The van der Waals surface area contributed by atoms with E-state index in [2.05, 4.69) is 10.5 Å². The summed E-state index contributed by atoms with van der Waals surface area (Å²) in [5.74, 6) is 0.613. The van der Waals surface area contributed by atoms with Crippen LogP contribution in [0.25, 0.3) is 0 Å². The van der Waals surface area contributed by atoms with Gasteiger partial charge in [0.25, 0.3) is 5.91 Å². The second kappa shape index (κ2) is 7.06. The van der Waals surface area contributed by atoms with Gasteiger partial charge in [-0.1, -0.05) is 23.4 Å². The Hall–Kier alpha value is -2.83. The number of nitrogens with zero attached hydrogens (tertiary/aromatic N) is 3. The third-order valence-corrected chi connectivity index (χ3v) is 5.46. The van der Waals surface area contributed by atoms with Gasteiger partial charge in [-0.25, -0.2) is 0 Å². The fourth-order valence-corrected chi connectivity index (χ4v) is 3.73. The summed E-state index contributed by atoms with van der Waals surface area (Å²) in [6.07, 6.45) is 2.20. The summed E-state index contributed by atoms with van der Waals surface area (Å²) < 4.78 is 5.02. The summed E-state index contributed by atoms with van der Waals surface area (Å²) in [5, 5.41) is 7.31. The average molecular weight is 368 g/mol. The number of nitrogens with one attached hydrogen (secondary N) is 1. The van der Waals surface area contributed by atoms with E-state index in [-0.39, 0.29) is 11.8 Å². The minimum atomic E-state index is -0.668. The van der Waals surface area contributed by atoms with Crippen LogP contribution in [0.1, 0.15) is 35.5 Å². The molecule has 0 spiro atoms. The molecule has 2 aromatic rings. The Morgan fingerprint density at radius 1 is 1.07 bits per heavy atom. The van der Waals surface area contributed by atoms with Gasteiger partial charge in [-0.3, -0.25) is 9.59 Å². The Morgan fingerprint density at radius 3 is 2.33 bits per heavy atom. The average Bonchev–Trinajstić information content (AvgIpc) is 3.07. The number of benzene rings is 1. The van der Waals surface area contributed by atoms with E-state index in [0.717, 1.165) is 25.2 Å². The number of para-hydroxylation sites is 1. The van der Waals surface area contributed by atoms with E-state index in [1.54, 1.807) is 17.9 Å². The zero-order valence-corrected chi connectivity index (χ0v) is 15.5. The van der Waals surface area contributed by atoms with Crippen LogP contribution in [0.3, 0.4) is 0 Å². The van der Waals surface area contributed by atoms with E-state index in [4.69, 9.17) is 4.52 Å². The van der Waals surface area contributed by atoms with Crippen molar-refractivity contribution in [3.8, 4) is 0 Å². The van der Waals surface area contributed by atoms with E-state index in [1.165, 1.54) is 0 Å². The fraction of sp³-hybridized carbons (Fsp3) is 0.450. The first-order chi connectivity index (χ1) is 13.1. The predicted octanol–water partition coefficient (Wildman–Crippen LogP) is 2.30. The highest BCUT2D eigenvalue weighted by Gasteiger charge is 2.45. The summed E-state index contributed by atoms with van der Waals surface area (Å²) in [5.41, 5.74) is 0.585. The first-order valence-electron chi connectivity index (χ1n) is 9.43. The van der Waals surface area contributed by atoms with Crippen molar-refractivity contribution in [3.63, 3.8) is 0 Å². The van der Waals surface area contributed by atoms with Crippen LogP contribution in [-0.4, -0.2) is 58.5 Å². The molecule has 1 aromatic heterocycles. The molecule has 27 heavy (non-hydrogen) atoms. The molecule has 7 nitrogen and oxygen atoms in total. The summed E-state index contributed by atoms with van der Waals surface area (Å²) in [6.45, 7) is 4.41. The maximum absolute atomic E-state index is 13.2. The third kappa shape index (κ3) is 3.41. The molecule has 2 fully saturated rings. The predicted molar refractivity (Wildman–Crippen MR) is 100 cm³/mol. The molecular formula is C20H24N4O3. The first-order valence-corrected chi connectivity index (χ1v) is 9.43. The largest absolute Gasteiger partial charge is 0.371 e. The van der Waals surface area contributed by atoms with Gasteiger partial charge in [0.2, 0.25) is 5.91 Å². The van der Waals surface area contributed by atoms with Gasteiger partial charge in [-0.05, 0) is 38.3 Å². The number of amides is 2. The van der Waals surface area contributed by atoms with Crippen LogP contribution in [-0.2, 0) is 4.79 Å². The van der Waals surface area contributed by atoms with Crippen LogP contribution in [0.4, 0.5) is 5.69 Å². The van der Waals surface area contributed by atoms with Crippen molar-refractivity contribution in [2.45, 2.75) is 31.7 Å². The number of anilines is 1. The van der Waals surface area contributed by atoms with Crippen LogP contribution >= 0.6 is 0 Å². The maximum Gasteiger partial charge on any atom is 0.276 e. The third-order valence-electron chi connectivity index (χ3n) is 5.46. The molecule has 0 bridgehead atoms. The van der Waals surface area contributed by atoms with Crippen LogP contribution in [0.2, 0.25) is 0 Å². The van der Waals surface area contributed by atoms with Crippen molar-refractivity contribution in [2.24, 2.45) is 0 Å². The molecule has 1 aromatic carbocycles. The van der Waals surface area contributed by atoms with Crippen molar-refractivity contribution < 1.29 is 14.1 Å². The second-order valence-electron chi connectivity index (χ2n) is 7.33. The van der Waals surface area contributed by atoms with E-state index in [1.807, 2.05) is 35.2 Å². The normalized spacial score (nSPS) is 18.7. The number of hydrogen-bond donors (Lipinski definition) is 1. The van der Waals surface area contributed by atoms with Gasteiger partial charge >= 0.3 is 0 Å². The van der Waals surface area contributed by atoms with Gasteiger partial charge in [0.15, 0.2) is 5.69 Å². The summed E-state index contributed by atoms with van der Waals surface area (Å²) in [6, 6.07) is 11.5. The Labute approximate surface area is 158 Å². The molecule has 3 heterocycles. The van der Waals surface area contributed by atoms with Crippen LogP contribution in [0.5, 0.6) is 0 Å². The summed E-state index contributed by atoms with van der Waals surface area (Å²) >= 11 is 0. The summed E-state index contributed by atoms with van der Waals surface area (Å²) in [7, 11) is 0. The van der Waals surface area contributed by atoms with Crippen molar-refractivity contribution >= 4 is 17.5 Å². The number of hydrogen-bond acceptors (Lipinski definition) is 5. The number of carbonyl (C=O) groups excluding carboxylic acids is 2. The monoisotopic (exact) mass is 368 g/mol. The lowest BCUT2D eigenvalue weighted by molar-refractivity contribution is -0.141. The Morgan fingerprint density at radius 2 is 1.78 bits per heavy atom. The lowest BCUT2D eigenvalue weighted by Crippen LogP contribution is -2.62. The molecule has 2 aliphatic heterocycles. The lowest BCUT2D eigenvalue weighted by Gasteiger charge is -2.46. The number of carbonyl (C=O) groups is 2. The van der Waals surface area contributed by atoms with Gasteiger partial charge in [0, 0.05) is 37.9 Å². The Balaban J connectivity index is 1.51. The molecule has 2 saturated heterocycles. The minimum Gasteiger partial charge on any atom is -0.371 e. The second-order valence-corrected chi connectivity index (χ2v) is 7.33.